The van der Waals surface area contributed by atoms with E-state index in [2.05, 4.69) is 10.3 Å². The van der Waals surface area contributed by atoms with Gasteiger partial charge >= 0.3 is 0 Å². The van der Waals surface area contributed by atoms with Gasteiger partial charge in [-0.2, -0.15) is 0 Å². The van der Waals surface area contributed by atoms with Crippen LogP contribution in [0.2, 0.25) is 0 Å². The van der Waals surface area contributed by atoms with E-state index < -0.39 is 0 Å². The fraction of sp³-hybridized carbons (Fsp3) is 0.524. The molecule has 29 heavy (non-hydrogen) atoms. The van der Waals surface area contributed by atoms with Crippen LogP contribution in [-0.4, -0.2) is 69.1 Å². The largest absolute Gasteiger partial charge is 0.347 e. The number of aromatic nitrogens is 2. The molecule has 2 aromatic rings. The van der Waals surface area contributed by atoms with Gasteiger partial charge < -0.3 is 19.5 Å². The molecule has 2 saturated heterocycles. The molecule has 0 aromatic carbocycles. The van der Waals surface area contributed by atoms with Crippen LogP contribution in [0.4, 0.5) is 0 Å². The molecule has 3 amide bonds. The van der Waals surface area contributed by atoms with Crippen molar-refractivity contribution in [3.05, 3.63) is 36.3 Å². The van der Waals surface area contributed by atoms with E-state index in [9.17, 15) is 14.4 Å². The lowest BCUT2D eigenvalue weighted by molar-refractivity contribution is -0.136. The standard InChI is InChI=1S/C21H27N5O3/c1-15(27)26-13-17(21(29)24-9-2-3-10-24)4-6-18(14-26)23-20(28)16-5-7-19-22-8-11-25(19)12-16/h5,7-8,11-12,17-18H,2-4,6,9-10,13-14H2,1H3,(H,23,28)/t17-,18+/m1/s1. The van der Waals surface area contributed by atoms with Crippen molar-refractivity contribution in [2.75, 3.05) is 26.2 Å². The zero-order valence-corrected chi connectivity index (χ0v) is 16.7. The van der Waals surface area contributed by atoms with Crippen LogP contribution < -0.4 is 5.32 Å². The molecule has 0 saturated carbocycles. The van der Waals surface area contributed by atoms with Crippen molar-refractivity contribution in [3.8, 4) is 0 Å². The van der Waals surface area contributed by atoms with Crippen LogP contribution in [-0.2, 0) is 9.59 Å². The number of likely N-dealkylation sites (tertiary alicyclic amines) is 2. The molecule has 154 valence electrons. The second kappa shape index (κ2) is 8.23. The highest BCUT2D eigenvalue weighted by Gasteiger charge is 2.33. The van der Waals surface area contributed by atoms with Crippen molar-refractivity contribution in [2.24, 2.45) is 5.92 Å². The molecule has 2 fully saturated rings. The second-order valence-corrected chi connectivity index (χ2v) is 8.01. The van der Waals surface area contributed by atoms with E-state index in [-0.39, 0.29) is 29.7 Å². The summed E-state index contributed by atoms with van der Waals surface area (Å²) in [6.45, 7) is 4.00. The lowest BCUT2D eigenvalue weighted by Crippen LogP contribution is -2.45. The first-order valence-electron chi connectivity index (χ1n) is 10.3. The van der Waals surface area contributed by atoms with Gasteiger partial charge in [0, 0.05) is 57.7 Å². The van der Waals surface area contributed by atoms with Gasteiger partial charge in [0.1, 0.15) is 5.65 Å². The lowest BCUT2D eigenvalue weighted by atomic mass is 10.00. The third kappa shape index (κ3) is 4.26. The van der Waals surface area contributed by atoms with E-state index >= 15 is 0 Å². The molecule has 0 spiro atoms. The molecule has 0 aliphatic carbocycles. The summed E-state index contributed by atoms with van der Waals surface area (Å²) < 4.78 is 1.80. The molecule has 2 atom stereocenters. The van der Waals surface area contributed by atoms with E-state index in [1.54, 1.807) is 40.0 Å². The van der Waals surface area contributed by atoms with E-state index in [1.165, 1.54) is 6.92 Å². The first-order valence-corrected chi connectivity index (χ1v) is 10.3. The van der Waals surface area contributed by atoms with Gasteiger partial charge in [-0.25, -0.2) is 4.98 Å². The highest BCUT2D eigenvalue weighted by molar-refractivity contribution is 5.94. The molecular formula is C21H27N5O3. The van der Waals surface area contributed by atoms with Gasteiger partial charge in [0.2, 0.25) is 11.8 Å². The van der Waals surface area contributed by atoms with Crippen molar-refractivity contribution in [1.29, 1.82) is 0 Å². The minimum atomic E-state index is -0.193. The van der Waals surface area contributed by atoms with Crippen molar-refractivity contribution in [1.82, 2.24) is 24.5 Å². The van der Waals surface area contributed by atoms with E-state index in [1.807, 2.05) is 4.90 Å². The number of nitrogens with zero attached hydrogens (tertiary/aromatic N) is 4. The SMILES string of the molecule is CC(=O)N1C[C@@H](NC(=O)c2ccc3nccn3c2)CC[C@@H](C(=O)N2CCCC2)C1. The molecule has 2 aliphatic heterocycles. The summed E-state index contributed by atoms with van der Waals surface area (Å²) in [6, 6.07) is 3.37. The first-order chi connectivity index (χ1) is 14.0. The quantitative estimate of drug-likeness (QED) is 0.846. The number of imidazole rings is 1. The summed E-state index contributed by atoms with van der Waals surface area (Å²) >= 11 is 0. The molecule has 4 rings (SSSR count). The Morgan fingerprint density at radius 1 is 1.07 bits per heavy atom. The summed E-state index contributed by atoms with van der Waals surface area (Å²) in [7, 11) is 0. The van der Waals surface area contributed by atoms with Crippen LogP contribution in [0.5, 0.6) is 0 Å². The van der Waals surface area contributed by atoms with Crippen molar-refractivity contribution in [2.45, 2.75) is 38.6 Å². The Hall–Kier alpha value is -2.90. The molecule has 4 heterocycles. The molecule has 2 aliphatic rings. The number of carbonyl (C=O) groups excluding carboxylic acids is 3. The second-order valence-electron chi connectivity index (χ2n) is 8.01. The normalized spacial score (nSPS) is 22.5. The number of hydrogen-bond acceptors (Lipinski definition) is 4. The number of fused-ring (bicyclic) bond motifs is 1. The molecule has 8 nitrogen and oxygen atoms in total. The summed E-state index contributed by atoms with van der Waals surface area (Å²) in [6.07, 6.45) is 8.67. The number of hydrogen-bond donors (Lipinski definition) is 1. The summed E-state index contributed by atoms with van der Waals surface area (Å²) in [4.78, 5) is 45.6. The summed E-state index contributed by atoms with van der Waals surface area (Å²) in [5.41, 5.74) is 1.32. The van der Waals surface area contributed by atoms with Crippen LogP contribution >= 0.6 is 0 Å². The predicted molar refractivity (Wildman–Crippen MR) is 107 cm³/mol. The molecule has 1 N–H and O–H groups in total. The van der Waals surface area contributed by atoms with Gasteiger partial charge in [0.15, 0.2) is 0 Å². The van der Waals surface area contributed by atoms with Gasteiger partial charge in [-0.05, 0) is 37.8 Å². The minimum absolute atomic E-state index is 0.0646. The third-order valence-electron chi connectivity index (χ3n) is 5.94. The number of nitrogens with one attached hydrogen (secondary N) is 1. The van der Waals surface area contributed by atoms with Crippen molar-refractivity contribution < 1.29 is 14.4 Å². The minimum Gasteiger partial charge on any atom is -0.347 e. The van der Waals surface area contributed by atoms with Crippen molar-refractivity contribution in [3.63, 3.8) is 0 Å². The van der Waals surface area contributed by atoms with Crippen LogP contribution in [0.3, 0.4) is 0 Å². The molecule has 0 unspecified atom stereocenters. The average molecular weight is 397 g/mol. The Bertz CT molecular complexity index is 918. The van der Waals surface area contributed by atoms with Crippen LogP contribution in [0.1, 0.15) is 43.0 Å². The molecular weight excluding hydrogens is 370 g/mol. The maximum atomic E-state index is 12.9. The van der Waals surface area contributed by atoms with Crippen molar-refractivity contribution >= 4 is 23.4 Å². The van der Waals surface area contributed by atoms with E-state index in [4.69, 9.17) is 0 Å². The number of pyridine rings is 1. The zero-order chi connectivity index (χ0) is 20.4. The molecule has 8 heteroatoms. The number of carbonyl (C=O) groups is 3. The van der Waals surface area contributed by atoms with Crippen LogP contribution in [0.15, 0.2) is 30.7 Å². The Labute approximate surface area is 169 Å². The maximum Gasteiger partial charge on any atom is 0.253 e. The Balaban J connectivity index is 1.44. The topological polar surface area (TPSA) is 87.0 Å². The number of amides is 3. The average Bonchev–Trinajstić information content (AvgIpc) is 3.36. The highest BCUT2D eigenvalue weighted by Crippen LogP contribution is 2.22. The fourth-order valence-electron chi connectivity index (χ4n) is 4.29. The van der Waals surface area contributed by atoms with Gasteiger partial charge in [0.05, 0.1) is 11.5 Å². The highest BCUT2D eigenvalue weighted by atomic mass is 16.2. The molecule has 2 aromatic heterocycles. The number of rotatable bonds is 3. The predicted octanol–water partition coefficient (Wildman–Crippen LogP) is 1.31. The third-order valence-corrected chi connectivity index (χ3v) is 5.94. The zero-order valence-electron chi connectivity index (χ0n) is 16.7. The van der Waals surface area contributed by atoms with Gasteiger partial charge in [-0.3, -0.25) is 14.4 Å². The van der Waals surface area contributed by atoms with Crippen LogP contribution in [0.25, 0.3) is 5.65 Å². The van der Waals surface area contributed by atoms with Gasteiger partial charge in [0.25, 0.3) is 5.91 Å². The monoisotopic (exact) mass is 397 g/mol. The first kappa shape index (κ1) is 19.4. The Morgan fingerprint density at radius 3 is 2.62 bits per heavy atom. The fourth-order valence-corrected chi connectivity index (χ4v) is 4.29. The maximum absolute atomic E-state index is 12.9. The summed E-state index contributed by atoms with van der Waals surface area (Å²) in [5, 5.41) is 3.05. The lowest BCUT2D eigenvalue weighted by Gasteiger charge is -2.27. The van der Waals surface area contributed by atoms with Gasteiger partial charge in [-0.15, -0.1) is 0 Å². The molecule has 0 bridgehead atoms. The smallest absolute Gasteiger partial charge is 0.253 e. The Morgan fingerprint density at radius 2 is 1.86 bits per heavy atom. The van der Waals surface area contributed by atoms with Gasteiger partial charge in [-0.1, -0.05) is 0 Å². The van der Waals surface area contributed by atoms with E-state index in [0.29, 0.717) is 31.5 Å². The summed E-state index contributed by atoms with van der Waals surface area (Å²) in [5.74, 6) is -0.295. The Kier molecular flexibility index (Phi) is 5.51. The van der Waals surface area contributed by atoms with E-state index in [0.717, 1.165) is 31.6 Å². The molecule has 0 radical (unpaired) electrons. The van der Waals surface area contributed by atoms with Crippen LogP contribution in [0, 0.1) is 5.92 Å².